The lowest BCUT2D eigenvalue weighted by Crippen LogP contribution is -2.58. The Kier molecular flexibility index (Phi) is 9.75. The Balaban J connectivity index is 1.71. The largest absolute Gasteiger partial charge is 0.468 e. The highest BCUT2D eigenvalue weighted by molar-refractivity contribution is 5.96. The average molecular weight is 586 g/mol. The molecule has 1 unspecified atom stereocenters. The smallest absolute Gasteiger partial charge is 0.410 e. The summed E-state index contributed by atoms with van der Waals surface area (Å²) in [6.45, 7) is 11.9. The Morgan fingerprint density at radius 3 is 2.40 bits per heavy atom. The number of ether oxygens (including phenoxy) is 3. The summed E-state index contributed by atoms with van der Waals surface area (Å²) in [7, 11) is 1.30. The fourth-order valence-corrected chi connectivity index (χ4v) is 5.51. The molecule has 42 heavy (non-hydrogen) atoms. The van der Waals surface area contributed by atoms with Crippen LogP contribution >= 0.6 is 0 Å². The summed E-state index contributed by atoms with van der Waals surface area (Å²) < 4.78 is 17.6. The number of likely N-dealkylation sites (tertiary alicyclic amines) is 1. The lowest BCUT2D eigenvalue weighted by molar-refractivity contribution is -0.142. The van der Waals surface area contributed by atoms with E-state index in [-0.39, 0.29) is 43.2 Å². The number of carbonyl (C=O) groups is 4. The first kappa shape index (κ1) is 31.3. The number of para-hydroxylation sites is 2. The molecule has 2 atom stereocenters. The van der Waals surface area contributed by atoms with Crippen LogP contribution in [0.4, 0.5) is 4.79 Å². The molecular formula is C30H43N5O7. The number of fused-ring (bicyclic) bond motifs is 1. The number of nitrogens with zero attached hydrogens (tertiary/aromatic N) is 5. The van der Waals surface area contributed by atoms with Gasteiger partial charge in [-0.2, -0.15) is 0 Å². The van der Waals surface area contributed by atoms with E-state index < -0.39 is 29.6 Å². The molecule has 12 nitrogen and oxygen atoms in total. The maximum absolute atomic E-state index is 14.4. The van der Waals surface area contributed by atoms with Gasteiger partial charge in [-0.1, -0.05) is 26.0 Å². The summed E-state index contributed by atoms with van der Waals surface area (Å²) in [4.78, 5) is 63.3. The fourth-order valence-electron chi connectivity index (χ4n) is 5.51. The molecule has 0 aliphatic carbocycles. The second kappa shape index (κ2) is 13.1. The van der Waals surface area contributed by atoms with E-state index in [4.69, 9.17) is 14.2 Å². The maximum Gasteiger partial charge on any atom is 0.410 e. The molecule has 2 aliphatic rings. The van der Waals surface area contributed by atoms with E-state index in [1.54, 1.807) is 52.2 Å². The van der Waals surface area contributed by atoms with Gasteiger partial charge >= 0.3 is 12.1 Å². The molecule has 0 spiro atoms. The van der Waals surface area contributed by atoms with Crippen molar-refractivity contribution in [3.05, 3.63) is 30.1 Å². The number of methoxy groups -OCH3 is 1. The first-order valence-corrected chi connectivity index (χ1v) is 14.6. The highest BCUT2D eigenvalue weighted by atomic mass is 16.6. The molecule has 3 amide bonds. The van der Waals surface area contributed by atoms with Crippen LogP contribution in [0.1, 0.15) is 51.7 Å². The third-order valence-electron chi connectivity index (χ3n) is 7.38. The molecule has 230 valence electrons. The predicted octanol–water partition coefficient (Wildman–Crippen LogP) is 2.79. The zero-order valence-corrected chi connectivity index (χ0v) is 25.5. The van der Waals surface area contributed by atoms with Crippen molar-refractivity contribution in [1.82, 2.24) is 24.3 Å². The molecule has 2 saturated heterocycles. The van der Waals surface area contributed by atoms with E-state index in [0.717, 1.165) is 0 Å². The lowest BCUT2D eigenvalue weighted by Gasteiger charge is -2.44. The van der Waals surface area contributed by atoms with Crippen LogP contribution in [0.3, 0.4) is 0 Å². The number of piperidine rings is 1. The topological polar surface area (TPSA) is 124 Å². The van der Waals surface area contributed by atoms with Gasteiger partial charge in [-0.25, -0.2) is 9.78 Å². The number of hydrogen-bond donors (Lipinski definition) is 0. The summed E-state index contributed by atoms with van der Waals surface area (Å²) in [5.41, 5.74) is 0.490. The minimum Gasteiger partial charge on any atom is -0.468 e. The molecule has 0 radical (unpaired) electrons. The Labute approximate surface area is 246 Å². The van der Waals surface area contributed by atoms with Gasteiger partial charge in [0.25, 0.3) is 5.91 Å². The van der Waals surface area contributed by atoms with Gasteiger partial charge in [0.1, 0.15) is 12.1 Å². The van der Waals surface area contributed by atoms with Gasteiger partial charge in [-0.3, -0.25) is 14.4 Å². The van der Waals surface area contributed by atoms with Crippen LogP contribution in [-0.4, -0.2) is 113 Å². The molecule has 0 saturated carbocycles. The van der Waals surface area contributed by atoms with Crippen molar-refractivity contribution in [1.29, 1.82) is 0 Å². The minimum absolute atomic E-state index is 0.0635. The van der Waals surface area contributed by atoms with Gasteiger partial charge in [0.05, 0.1) is 43.3 Å². The maximum atomic E-state index is 14.4. The Hall–Kier alpha value is -3.67. The van der Waals surface area contributed by atoms with Crippen molar-refractivity contribution in [2.45, 2.75) is 59.2 Å². The van der Waals surface area contributed by atoms with Gasteiger partial charge in [0, 0.05) is 32.7 Å². The van der Waals surface area contributed by atoms with Crippen LogP contribution in [-0.2, 0) is 30.3 Å². The predicted molar refractivity (Wildman–Crippen MR) is 155 cm³/mol. The molecule has 2 aliphatic heterocycles. The number of rotatable bonds is 7. The minimum atomic E-state index is -0.722. The number of carbonyl (C=O) groups excluding carboxylic acids is 4. The van der Waals surface area contributed by atoms with Gasteiger partial charge in [0.15, 0.2) is 0 Å². The second-order valence-electron chi connectivity index (χ2n) is 12.3. The van der Waals surface area contributed by atoms with E-state index >= 15 is 0 Å². The second-order valence-corrected chi connectivity index (χ2v) is 12.3. The Morgan fingerprint density at radius 1 is 1.07 bits per heavy atom. The molecule has 2 aromatic rings. The summed E-state index contributed by atoms with van der Waals surface area (Å²) in [5, 5.41) is 0. The van der Waals surface area contributed by atoms with E-state index in [2.05, 4.69) is 4.98 Å². The molecule has 2 fully saturated rings. The van der Waals surface area contributed by atoms with Crippen LogP contribution in [0.25, 0.3) is 11.0 Å². The number of amides is 3. The van der Waals surface area contributed by atoms with Gasteiger partial charge in [0.2, 0.25) is 11.7 Å². The van der Waals surface area contributed by atoms with Crippen molar-refractivity contribution in [3.8, 4) is 0 Å². The van der Waals surface area contributed by atoms with Crippen molar-refractivity contribution < 1.29 is 33.4 Å². The van der Waals surface area contributed by atoms with E-state index in [0.29, 0.717) is 50.3 Å². The molecule has 1 aromatic heterocycles. The number of hydrogen-bond acceptors (Lipinski definition) is 8. The zero-order chi connectivity index (χ0) is 30.6. The van der Waals surface area contributed by atoms with E-state index in [1.165, 1.54) is 7.11 Å². The Morgan fingerprint density at radius 2 is 1.76 bits per heavy atom. The van der Waals surface area contributed by atoms with Crippen molar-refractivity contribution in [2.75, 3.05) is 53.0 Å². The summed E-state index contributed by atoms with van der Waals surface area (Å²) in [5.74, 6) is -1.28. The molecule has 3 heterocycles. The quantitative estimate of drug-likeness (QED) is 0.455. The number of imidazole rings is 1. The molecule has 0 bridgehead atoms. The zero-order valence-electron chi connectivity index (χ0n) is 25.5. The van der Waals surface area contributed by atoms with Gasteiger partial charge < -0.3 is 33.5 Å². The molecule has 12 heteroatoms. The number of esters is 1. The van der Waals surface area contributed by atoms with Crippen molar-refractivity contribution in [2.24, 2.45) is 11.8 Å². The summed E-state index contributed by atoms with van der Waals surface area (Å²) >= 11 is 0. The van der Waals surface area contributed by atoms with E-state index in [1.807, 2.05) is 26.0 Å². The summed E-state index contributed by atoms with van der Waals surface area (Å²) in [6, 6.07) is 6.74. The monoisotopic (exact) mass is 585 g/mol. The number of morpholine rings is 1. The first-order chi connectivity index (χ1) is 19.9. The molecular weight excluding hydrogens is 542 g/mol. The van der Waals surface area contributed by atoms with Crippen LogP contribution < -0.4 is 0 Å². The number of aromatic nitrogens is 2. The van der Waals surface area contributed by atoms with Crippen LogP contribution in [0.2, 0.25) is 0 Å². The van der Waals surface area contributed by atoms with Crippen molar-refractivity contribution >= 4 is 34.9 Å². The molecule has 1 aromatic carbocycles. The van der Waals surface area contributed by atoms with Gasteiger partial charge in [-0.05, 0) is 45.2 Å². The standard InChI is InChI=1S/C30H43N5O7/c1-20(2)16-34(28(38)26-31-23-9-7-8-10-24(23)35(26)19-25(36)40-6)22-15-21(27(37)32-11-13-41-14-12-32)17-33(18-22)29(39)42-30(3,4)5/h7-10,20-22H,11-19H2,1-6H3/t21-,22?/m1/s1. The van der Waals surface area contributed by atoms with Crippen LogP contribution in [0.15, 0.2) is 24.3 Å². The normalized spacial score (nSPS) is 19.6. The fraction of sp³-hybridized carbons (Fsp3) is 0.633. The van der Waals surface area contributed by atoms with Crippen LogP contribution in [0, 0.1) is 11.8 Å². The van der Waals surface area contributed by atoms with Crippen molar-refractivity contribution in [3.63, 3.8) is 0 Å². The van der Waals surface area contributed by atoms with Crippen LogP contribution in [0.5, 0.6) is 0 Å². The number of benzene rings is 1. The lowest BCUT2D eigenvalue weighted by atomic mass is 9.91. The first-order valence-electron chi connectivity index (χ1n) is 14.6. The summed E-state index contributed by atoms with van der Waals surface area (Å²) in [6.07, 6.45) is -0.146. The third kappa shape index (κ3) is 7.39. The SMILES string of the molecule is COC(=O)Cn1c(C(=O)N(CC(C)C)C2C[C@@H](C(=O)N3CCOCC3)CN(C(=O)OC(C)(C)C)C2)nc2ccccc21. The Bertz CT molecular complexity index is 1290. The van der Waals surface area contributed by atoms with Gasteiger partial charge in [-0.15, -0.1) is 0 Å². The molecule has 0 N–H and O–H groups in total. The highest BCUT2D eigenvalue weighted by Crippen LogP contribution is 2.28. The highest BCUT2D eigenvalue weighted by Gasteiger charge is 2.42. The average Bonchev–Trinajstić information content (AvgIpc) is 3.32. The molecule has 4 rings (SSSR count). The van der Waals surface area contributed by atoms with E-state index in [9.17, 15) is 19.2 Å². The third-order valence-corrected chi connectivity index (χ3v) is 7.38.